The van der Waals surface area contributed by atoms with E-state index < -0.39 is 0 Å². The van der Waals surface area contributed by atoms with Gasteiger partial charge in [0.2, 0.25) is 0 Å². The summed E-state index contributed by atoms with van der Waals surface area (Å²) in [5.41, 5.74) is 0. The van der Waals surface area contributed by atoms with Crippen LogP contribution in [0.4, 0.5) is 5.82 Å². The molecule has 0 aliphatic heterocycles. The summed E-state index contributed by atoms with van der Waals surface area (Å²) in [6.07, 6.45) is 1.98. The Balaban J connectivity index is 2.44. The second kappa shape index (κ2) is 6.11. The molecule has 2 aromatic rings. The van der Waals surface area contributed by atoms with E-state index in [1.54, 1.807) is 18.4 Å². The zero-order valence-corrected chi connectivity index (χ0v) is 11.9. The Kier molecular flexibility index (Phi) is 4.49. The Bertz CT molecular complexity index is 512. The predicted molar refractivity (Wildman–Crippen MR) is 76.2 cm³/mol. The SMILES string of the molecule is CCCC(OC)c1nc(NCC)c2ccsc2n1. The van der Waals surface area contributed by atoms with Crippen LogP contribution in [0, 0.1) is 0 Å². The molecule has 0 aliphatic rings. The molecule has 2 aromatic heterocycles. The molecule has 0 fully saturated rings. The third-order valence-electron chi connectivity index (χ3n) is 2.81. The summed E-state index contributed by atoms with van der Waals surface area (Å²) in [7, 11) is 1.72. The largest absolute Gasteiger partial charge is 0.373 e. The molecular weight excluding hydrogens is 246 g/mol. The summed E-state index contributed by atoms with van der Waals surface area (Å²) in [4.78, 5) is 10.2. The Morgan fingerprint density at radius 2 is 2.22 bits per heavy atom. The van der Waals surface area contributed by atoms with E-state index in [2.05, 4.69) is 35.2 Å². The van der Waals surface area contributed by atoms with Gasteiger partial charge in [0.25, 0.3) is 0 Å². The van der Waals surface area contributed by atoms with Crippen LogP contribution in [0.15, 0.2) is 11.4 Å². The second-order valence-corrected chi connectivity index (χ2v) is 5.01. The fourth-order valence-corrected chi connectivity index (χ4v) is 2.70. The maximum absolute atomic E-state index is 5.49. The van der Waals surface area contributed by atoms with Gasteiger partial charge in [-0.3, -0.25) is 0 Å². The average molecular weight is 265 g/mol. The highest BCUT2D eigenvalue weighted by molar-refractivity contribution is 7.16. The Morgan fingerprint density at radius 3 is 2.89 bits per heavy atom. The first-order valence-corrected chi connectivity index (χ1v) is 7.19. The predicted octanol–water partition coefficient (Wildman–Crippen LogP) is 3.61. The third kappa shape index (κ3) is 2.62. The van der Waals surface area contributed by atoms with Crippen molar-refractivity contribution in [2.45, 2.75) is 32.8 Å². The fourth-order valence-electron chi connectivity index (χ4n) is 1.93. The molecular formula is C13H19N3OS. The molecule has 0 spiro atoms. The van der Waals surface area contributed by atoms with Crippen molar-refractivity contribution >= 4 is 27.4 Å². The van der Waals surface area contributed by atoms with Gasteiger partial charge >= 0.3 is 0 Å². The Morgan fingerprint density at radius 1 is 1.39 bits per heavy atom. The molecule has 4 nitrogen and oxygen atoms in total. The molecule has 2 heterocycles. The van der Waals surface area contributed by atoms with Gasteiger partial charge in [0.05, 0.1) is 5.39 Å². The highest BCUT2D eigenvalue weighted by atomic mass is 32.1. The van der Waals surface area contributed by atoms with E-state index in [4.69, 9.17) is 4.74 Å². The quantitative estimate of drug-likeness (QED) is 0.866. The number of nitrogens with zero attached hydrogens (tertiary/aromatic N) is 2. The maximum atomic E-state index is 5.49. The van der Waals surface area contributed by atoms with Crippen molar-refractivity contribution in [2.75, 3.05) is 19.0 Å². The van der Waals surface area contributed by atoms with Gasteiger partial charge in [0.15, 0.2) is 5.82 Å². The summed E-state index contributed by atoms with van der Waals surface area (Å²) in [6.45, 7) is 5.06. The minimum atomic E-state index is -0.0149. The smallest absolute Gasteiger partial charge is 0.161 e. The molecule has 0 amide bonds. The van der Waals surface area contributed by atoms with Crippen molar-refractivity contribution in [3.8, 4) is 0 Å². The molecule has 1 N–H and O–H groups in total. The summed E-state index contributed by atoms with van der Waals surface area (Å²) in [5.74, 6) is 1.70. The zero-order chi connectivity index (χ0) is 13.0. The highest BCUT2D eigenvalue weighted by Gasteiger charge is 2.16. The van der Waals surface area contributed by atoms with E-state index in [0.29, 0.717) is 0 Å². The molecule has 1 unspecified atom stereocenters. The van der Waals surface area contributed by atoms with E-state index in [-0.39, 0.29) is 6.10 Å². The molecule has 0 saturated carbocycles. The monoisotopic (exact) mass is 265 g/mol. The van der Waals surface area contributed by atoms with Gasteiger partial charge in [-0.15, -0.1) is 11.3 Å². The summed E-state index contributed by atoms with van der Waals surface area (Å²) in [5, 5.41) is 6.44. The first-order valence-electron chi connectivity index (χ1n) is 6.31. The molecule has 18 heavy (non-hydrogen) atoms. The van der Waals surface area contributed by atoms with Crippen molar-refractivity contribution in [1.82, 2.24) is 9.97 Å². The van der Waals surface area contributed by atoms with Crippen LogP contribution in [0.5, 0.6) is 0 Å². The van der Waals surface area contributed by atoms with Crippen LogP contribution in [-0.4, -0.2) is 23.6 Å². The van der Waals surface area contributed by atoms with Gasteiger partial charge in [0.1, 0.15) is 16.8 Å². The minimum Gasteiger partial charge on any atom is -0.373 e. The maximum Gasteiger partial charge on any atom is 0.161 e. The normalized spacial score (nSPS) is 12.8. The van der Waals surface area contributed by atoms with Crippen LogP contribution >= 0.6 is 11.3 Å². The van der Waals surface area contributed by atoms with E-state index in [1.807, 2.05) is 5.38 Å². The number of rotatable bonds is 6. The van der Waals surface area contributed by atoms with Crippen molar-refractivity contribution in [2.24, 2.45) is 0 Å². The van der Waals surface area contributed by atoms with E-state index >= 15 is 0 Å². The van der Waals surface area contributed by atoms with E-state index in [1.165, 1.54) is 0 Å². The van der Waals surface area contributed by atoms with Crippen molar-refractivity contribution in [3.63, 3.8) is 0 Å². The molecule has 0 aromatic carbocycles. The molecule has 0 saturated heterocycles. The van der Waals surface area contributed by atoms with Gasteiger partial charge in [-0.1, -0.05) is 13.3 Å². The van der Waals surface area contributed by atoms with Crippen molar-refractivity contribution in [3.05, 3.63) is 17.3 Å². The van der Waals surface area contributed by atoms with Crippen LogP contribution in [0.2, 0.25) is 0 Å². The van der Waals surface area contributed by atoms with Crippen LogP contribution in [0.3, 0.4) is 0 Å². The summed E-state index contributed by atoms with van der Waals surface area (Å²) in [6, 6.07) is 2.06. The molecule has 98 valence electrons. The number of nitrogens with one attached hydrogen (secondary N) is 1. The molecule has 5 heteroatoms. The molecule has 0 bridgehead atoms. The summed E-state index contributed by atoms with van der Waals surface area (Å²) < 4.78 is 5.49. The fraction of sp³-hybridized carbons (Fsp3) is 0.538. The van der Waals surface area contributed by atoms with E-state index in [0.717, 1.165) is 41.2 Å². The van der Waals surface area contributed by atoms with Gasteiger partial charge < -0.3 is 10.1 Å². The van der Waals surface area contributed by atoms with Gasteiger partial charge in [-0.05, 0) is 24.8 Å². The third-order valence-corrected chi connectivity index (χ3v) is 3.62. The number of hydrogen-bond acceptors (Lipinski definition) is 5. The first-order chi connectivity index (χ1) is 8.80. The van der Waals surface area contributed by atoms with Crippen LogP contribution < -0.4 is 5.32 Å². The first kappa shape index (κ1) is 13.2. The highest BCUT2D eigenvalue weighted by Crippen LogP contribution is 2.28. The number of aromatic nitrogens is 2. The van der Waals surface area contributed by atoms with Crippen LogP contribution in [0.1, 0.15) is 38.6 Å². The molecule has 1 atom stereocenters. The number of ether oxygens (including phenoxy) is 1. The van der Waals surface area contributed by atoms with Gasteiger partial charge in [-0.25, -0.2) is 9.97 Å². The topological polar surface area (TPSA) is 47.0 Å². The lowest BCUT2D eigenvalue weighted by molar-refractivity contribution is 0.0881. The molecule has 2 rings (SSSR count). The lowest BCUT2D eigenvalue weighted by Crippen LogP contribution is -2.09. The zero-order valence-electron chi connectivity index (χ0n) is 11.1. The lowest BCUT2D eigenvalue weighted by Gasteiger charge is -2.14. The van der Waals surface area contributed by atoms with Gasteiger partial charge in [-0.2, -0.15) is 0 Å². The van der Waals surface area contributed by atoms with Crippen molar-refractivity contribution < 1.29 is 4.74 Å². The number of fused-ring (bicyclic) bond motifs is 1. The minimum absolute atomic E-state index is 0.0149. The Hall–Kier alpha value is -1.20. The standard InChI is InChI=1S/C13H19N3OS/c1-4-6-10(17-3)12-15-11(14-5-2)9-7-8-18-13(9)16-12/h7-8,10H,4-6H2,1-3H3,(H,14,15,16). The molecule has 0 radical (unpaired) electrons. The summed E-state index contributed by atoms with van der Waals surface area (Å²) >= 11 is 1.64. The van der Waals surface area contributed by atoms with Gasteiger partial charge in [0, 0.05) is 13.7 Å². The van der Waals surface area contributed by atoms with Crippen molar-refractivity contribution in [1.29, 1.82) is 0 Å². The average Bonchev–Trinajstić information content (AvgIpc) is 2.84. The number of methoxy groups -OCH3 is 1. The van der Waals surface area contributed by atoms with Crippen LogP contribution in [0.25, 0.3) is 10.2 Å². The molecule has 0 aliphatic carbocycles. The number of thiophene rings is 1. The Labute approximate surface area is 111 Å². The number of hydrogen-bond donors (Lipinski definition) is 1. The van der Waals surface area contributed by atoms with Crippen LogP contribution in [-0.2, 0) is 4.74 Å². The second-order valence-electron chi connectivity index (χ2n) is 4.11. The lowest BCUT2D eigenvalue weighted by atomic mass is 10.2. The van der Waals surface area contributed by atoms with E-state index in [9.17, 15) is 0 Å². The number of anilines is 1.